The number of hydrogen-bond donors (Lipinski definition) is 1. The third-order valence-corrected chi connectivity index (χ3v) is 5.37. The molecule has 0 aliphatic carbocycles. The first-order valence-electron chi connectivity index (χ1n) is 9.53. The molecule has 1 aromatic heterocycles. The predicted octanol–water partition coefficient (Wildman–Crippen LogP) is 5.88. The lowest BCUT2D eigenvalue weighted by molar-refractivity contribution is 0.415. The number of aliphatic imine (C=N–C) groups is 1. The van der Waals surface area contributed by atoms with Crippen molar-refractivity contribution < 1.29 is 9.13 Å². The number of halogens is 2. The summed E-state index contributed by atoms with van der Waals surface area (Å²) in [5.74, 6) is 0.345. The van der Waals surface area contributed by atoms with E-state index in [-0.39, 0.29) is 11.4 Å². The number of benzene rings is 3. The lowest BCUT2D eigenvalue weighted by Gasteiger charge is -2.05. The summed E-state index contributed by atoms with van der Waals surface area (Å²) in [6.07, 6.45) is 0. The molecule has 0 spiro atoms. The van der Waals surface area contributed by atoms with Crippen LogP contribution in [0.15, 0.2) is 87.1 Å². The van der Waals surface area contributed by atoms with Crippen molar-refractivity contribution in [1.29, 1.82) is 0 Å². The Balaban J connectivity index is 1.89. The average Bonchev–Trinajstić information content (AvgIpc) is 3.13. The quantitative estimate of drug-likeness (QED) is 0.363. The largest absolute Gasteiger partial charge is 0.497 e. The van der Waals surface area contributed by atoms with Crippen LogP contribution in [-0.4, -0.2) is 22.6 Å². The highest BCUT2D eigenvalue weighted by Crippen LogP contribution is 2.25. The van der Waals surface area contributed by atoms with Crippen molar-refractivity contribution in [2.24, 2.45) is 4.99 Å². The lowest BCUT2D eigenvalue weighted by Crippen LogP contribution is -2.19. The van der Waals surface area contributed by atoms with Crippen molar-refractivity contribution in [1.82, 2.24) is 9.78 Å². The second kappa shape index (κ2) is 8.73. The van der Waals surface area contributed by atoms with Crippen LogP contribution in [0.2, 0.25) is 0 Å². The van der Waals surface area contributed by atoms with Gasteiger partial charge in [0.25, 0.3) is 5.56 Å². The maximum Gasteiger partial charge on any atom is 0.280 e. The fourth-order valence-corrected chi connectivity index (χ4v) is 3.54. The van der Waals surface area contributed by atoms with Gasteiger partial charge in [-0.15, -0.1) is 0 Å². The van der Waals surface area contributed by atoms with Gasteiger partial charge in [0.2, 0.25) is 0 Å². The molecular formula is C24H19BrFN3O2. The highest BCUT2D eigenvalue weighted by molar-refractivity contribution is 9.10. The molecule has 0 aliphatic heterocycles. The van der Waals surface area contributed by atoms with Crippen LogP contribution in [0.1, 0.15) is 12.5 Å². The van der Waals surface area contributed by atoms with Gasteiger partial charge >= 0.3 is 0 Å². The summed E-state index contributed by atoms with van der Waals surface area (Å²) in [6.45, 7) is 1.80. The first kappa shape index (κ1) is 20.8. The van der Waals surface area contributed by atoms with Crippen LogP contribution >= 0.6 is 15.9 Å². The zero-order valence-electron chi connectivity index (χ0n) is 16.9. The molecule has 4 aromatic rings. The fourth-order valence-electron chi connectivity index (χ4n) is 3.28. The number of aromatic nitrogens is 2. The number of nitrogens with zero attached hydrogens (tertiary/aromatic N) is 2. The van der Waals surface area contributed by atoms with Crippen molar-refractivity contribution in [3.05, 3.63) is 99.0 Å². The summed E-state index contributed by atoms with van der Waals surface area (Å²) in [6, 6.07) is 20.7. The third kappa shape index (κ3) is 4.36. The Morgan fingerprint density at radius 1 is 1.00 bits per heavy atom. The smallest absolute Gasteiger partial charge is 0.280 e. The minimum Gasteiger partial charge on any atom is -0.497 e. The van der Waals surface area contributed by atoms with Crippen LogP contribution in [0.3, 0.4) is 0 Å². The van der Waals surface area contributed by atoms with E-state index in [9.17, 15) is 9.18 Å². The van der Waals surface area contributed by atoms with Crippen LogP contribution in [-0.2, 0) is 0 Å². The fraction of sp³-hybridized carbons (Fsp3) is 0.0833. The Morgan fingerprint density at radius 3 is 2.26 bits per heavy atom. The predicted molar refractivity (Wildman–Crippen MR) is 124 cm³/mol. The zero-order valence-corrected chi connectivity index (χ0v) is 18.5. The third-order valence-electron chi connectivity index (χ3n) is 4.84. The Bertz CT molecular complexity index is 1290. The topological polar surface area (TPSA) is 59.4 Å². The molecule has 0 saturated heterocycles. The minimum absolute atomic E-state index is 0.268. The molecule has 0 saturated carbocycles. The number of hydrogen-bond acceptors (Lipinski definition) is 3. The lowest BCUT2D eigenvalue weighted by atomic mass is 10.0. The van der Waals surface area contributed by atoms with E-state index in [1.54, 1.807) is 26.2 Å². The Morgan fingerprint density at radius 2 is 1.65 bits per heavy atom. The van der Waals surface area contributed by atoms with Crippen LogP contribution < -0.4 is 10.3 Å². The first-order chi connectivity index (χ1) is 15.0. The van der Waals surface area contributed by atoms with E-state index >= 15 is 0 Å². The molecule has 31 heavy (non-hydrogen) atoms. The number of rotatable bonds is 5. The van der Waals surface area contributed by atoms with E-state index in [1.165, 1.54) is 16.8 Å². The molecule has 1 N–H and O–H groups in total. The van der Waals surface area contributed by atoms with Crippen LogP contribution in [0.4, 0.5) is 10.1 Å². The normalized spacial score (nSPS) is 11.5. The van der Waals surface area contributed by atoms with Gasteiger partial charge in [-0.3, -0.25) is 14.9 Å². The van der Waals surface area contributed by atoms with Gasteiger partial charge in [-0.05, 0) is 79.7 Å². The van der Waals surface area contributed by atoms with E-state index in [0.717, 1.165) is 15.7 Å². The molecule has 7 heteroatoms. The van der Waals surface area contributed by atoms with Crippen LogP contribution in [0.25, 0.3) is 16.9 Å². The molecule has 5 nitrogen and oxygen atoms in total. The Labute approximate surface area is 187 Å². The van der Waals surface area contributed by atoms with Crippen LogP contribution in [0.5, 0.6) is 5.75 Å². The maximum absolute atomic E-state index is 13.4. The highest BCUT2D eigenvalue weighted by Gasteiger charge is 2.19. The zero-order chi connectivity index (χ0) is 22.0. The van der Waals surface area contributed by atoms with E-state index in [2.05, 4.69) is 26.0 Å². The molecular weight excluding hydrogens is 461 g/mol. The summed E-state index contributed by atoms with van der Waals surface area (Å²) < 4.78 is 21.0. The number of nitrogens with one attached hydrogen (secondary N) is 1. The molecule has 0 bridgehead atoms. The molecule has 0 atom stereocenters. The van der Waals surface area contributed by atoms with Gasteiger partial charge in [-0.2, -0.15) is 0 Å². The molecule has 0 amide bonds. The van der Waals surface area contributed by atoms with Gasteiger partial charge in [0.1, 0.15) is 11.6 Å². The summed E-state index contributed by atoms with van der Waals surface area (Å²) >= 11 is 3.41. The second-order valence-electron chi connectivity index (χ2n) is 6.88. The number of methoxy groups -OCH3 is 1. The van der Waals surface area contributed by atoms with Crippen molar-refractivity contribution in [2.45, 2.75) is 6.92 Å². The maximum atomic E-state index is 13.4. The van der Waals surface area contributed by atoms with Gasteiger partial charge in [0, 0.05) is 10.0 Å². The van der Waals surface area contributed by atoms with E-state index in [1.807, 2.05) is 48.5 Å². The summed E-state index contributed by atoms with van der Waals surface area (Å²) in [7, 11) is 1.60. The second-order valence-corrected chi connectivity index (χ2v) is 7.80. The Hall–Kier alpha value is -3.45. The number of H-pyrrole nitrogens is 1. The number of aromatic amines is 1. The molecule has 0 aliphatic rings. The standard InChI is InChI=1S/C24H19BrFN3O2/c1-15(27-19-9-5-17(25)6-10-19)22-23(16-3-13-21(31-2)14-4-16)28-29(24(22)30)20-11-7-18(26)8-12-20/h3-14,28H,1-2H3. The van der Waals surface area contributed by atoms with Crippen molar-refractivity contribution in [3.63, 3.8) is 0 Å². The van der Waals surface area contributed by atoms with Crippen LogP contribution in [0, 0.1) is 5.82 Å². The molecule has 0 radical (unpaired) electrons. The molecule has 3 aromatic carbocycles. The molecule has 1 heterocycles. The monoisotopic (exact) mass is 479 g/mol. The van der Waals surface area contributed by atoms with Crippen molar-refractivity contribution >= 4 is 27.3 Å². The summed E-state index contributed by atoms with van der Waals surface area (Å²) in [5.41, 5.74) is 3.43. The summed E-state index contributed by atoms with van der Waals surface area (Å²) in [5, 5.41) is 3.17. The van der Waals surface area contributed by atoms with E-state index in [0.29, 0.717) is 28.4 Å². The highest BCUT2D eigenvalue weighted by atomic mass is 79.9. The van der Waals surface area contributed by atoms with Gasteiger partial charge in [-0.25, -0.2) is 9.07 Å². The summed E-state index contributed by atoms with van der Waals surface area (Å²) in [4.78, 5) is 18.0. The Kier molecular flexibility index (Phi) is 5.86. The van der Waals surface area contributed by atoms with Gasteiger partial charge in [0.15, 0.2) is 0 Å². The van der Waals surface area contributed by atoms with E-state index in [4.69, 9.17) is 4.74 Å². The molecule has 0 fully saturated rings. The van der Waals surface area contributed by atoms with Gasteiger partial charge < -0.3 is 4.74 Å². The van der Waals surface area contributed by atoms with Crippen molar-refractivity contribution in [2.75, 3.05) is 7.11 Å². The molecule has 0 unspecified atom stereocenters. The van der Waals surface area contributed by atoms with Gasteiger partial charge in [-0.1, -0.05) is 15.9 Å². The average molecular weight is 480 g/mol. The molecule has 156 valence electrons. The first-order valence-corrected chi connectivity index (χ1v) is 10.3. The SMILES string of the molecule is COc1ccc(-c2[nH]n(-c3ccc(F)cc3)c(=O)c2C(C)=Nc2ccc(Br)cc2)cc1. The molecule has 4 rings (SSSR count). The van der Waals surface area contributed by atoms with Gasteiger partial charge in [0.05, 0.1) is 35.5 Å². The van der Waals surface area contributed by atoms with E-state index < -0.39 is 0 Å². The number of ether oxygens (including phenoxy) is 1. The minimum atomic E-state index is -0.369. The van der Waals surface area contributed by atoms with Crippen molar-refractivity contribution in [3.8, 4) is 22.7 Å².